The molecule has 0 atom stereocenters. The minimum Gasteiger partial charge on any atom is -0.480 e. The monoisotopic (exact) mass is 281 g/mol. The predicted octanol–water partition coefficient (Wildman–Crippen LogP) is 2.07. The number of nitrogens with two attached hydrogens (primary N) is 1. The first-order chi connectivity index (χ1) is 8.59. The van der Waals surface area contributed by atoms with Crippen LogP contribution in [0.25, 0.3) is 0 Å². The van der Waals surface area contributed by atoms with E-state index in [1.165, 1.54) is 6.07 Å². The number of ether oxygens (including phenoxy) is 1. The summed E-state index contributed by atoms with van der Waals surface area (Å²) < 4.78 is 28.3. The van der Waals surface area contributed by atoms with Gasteiger partial charge in [0.15, 0.2) is 0 Å². The molecule has 104 valence electrons. The summed E-state index contributed by atoms with van der Waals surface area (Å²) in [7, 11) is -3.79. The maximum Gasteiger partial charge on any atom is 0.241 e. The van der Waals surface area contributed by atoms with Crippen LogP contribution in [0.15, 0.2) is 23.1 Å². The fourth-order valence-corrected chi connectivity index (χ4v) is 2.13. The molecule has 0 fully saturated rings. The van der Waals surface area contributed by atoms with Gasteiger partial charge in [0.05, 0.1) is 0 Å². The first-order valence-corrected chi connectivity index (χ1v) is 7.40. The van der Waals surface area contributed by atoms with E-state index >= 15 is 0 Å². The van der Waals surface area contributed by atoms with Crippen LogP contribution < -0.4 is 9.88 Å². The van der Waals surface area contributed by atoms with Gasteiger partial charge >= 0.3 is 0 Å². The average Bonchev–Trinajstić information content (AvgIpc) is 2.23. The molecule has 0 aliphatic heterocycles. The van der Waals surface area contributed by atoms with Crippen molar-refractivity contribution in [2.75, 3.05) is 6.61 Å². The Morgan fingerprint density at radius 2 is 1.95 bits per heavy atom. The second-order valence-corrected chi connectivity index (χ2v) is 6.87. The van der Waals surface area contributed by atoms with Crippen LogP contribution >= 0.6 is 0 Å². The largest absolute Gasteiger partial charge is 0.480 e. The Bertz CT molecular complexity index is 616. The molecule has 4 nitrogen and oxygen atoms in total. The summed E-state index contributed by atoms with van der Waals surface area (Å²) in [6, 6.07) is 4.84. The summed E-state index contributed by atoms with van der Waals surface area (Å²) in [6.07, 6.45) is 0. The average molecular weight is 281 g/mol. The Kier molecular flexibility index (Phi) is 4.61. The van der Waals surface area contributed by atoms with Crippen molar-refractivity contribution < 1.29 is 13.2 Å². The Balaban J connectivity index is 2.93. The molecule has 0 unspecified atom stereocenters. The van der Waals surface area contributed by atoms with Crippen molar-refractivity contribution in [2.45, 2.75) is 32.6 Å². The summed E-state index contributed by atoms with van der Waals surface area (Å²) in [5, 5.41) is 5.16. The molecule has 5 heteroatoms. The Labute approximate surface area is 115 Å². The highest BCUT2D eigenvalue weighted by Gasteiger charge is 2.15. The van der Waals surface area contributed by atoms with E-state index in [0.717, 1.165) is 5.56 Å². The molecule has 19 heavy (non-hydrogen) atoms. The first-order valence-electron chi connectivity index (χ1n) is 5.86. The van der Waals surface area contributed by atoms with Crippen LogP contribution in [0.3, 0.4) is 0 Å². The third-order valence-corrected chi connectivity index (χ3v) is 3.10. The fourth-order valence-electron chi connectivity index (χ4n) is 1.37. The number of primary sulfonamides is 1. The summed E-state index contributed by atoms with van der Waals surface area (Å²) in [5.74, 6) is 6.10. The van der Waals surface area contributed by atoms with Crippen molar-refractivity contribution in [3.63, 3.8) is 0 Å². The van der Waals surface area contributed by atoms with Gasteiger partial charge in [0.1, 0.15) is 17.3 Å². The van der Waals surface area contributed by atoms with Crippen LogP contribution in [0.2, 0.25) is 0 Å². The lowest BCUT2D eigenvalue weighted by atomic mass is 9.98. The number of aryl methyl sites for hydroxylation is 1. The Hall–Kier alpha value is -1.51. The molecule has 2 N–H and O–H groups in total. The van der Waals surface area contributed by atoms with E-state index in [-0.39, 0.29) is 22.7 Å². The topological polar surface area (TPSA) is 69.4 Å². The van der Waals surface area contributed by atoms with E-state index in [9.17, 15) is 8.42 Å². The molecule has 0 aromatic heterocycles. The highest BCUT2D eigenvalue weighted by Crippen LogP contribution is 2.23. The van der Waals surface area contributed by atoms with E-state index < -0.39 is 10.0 Å². The van der Waals surface area contributed by atoms with Gasteiger partial charge in [0.2, 0.25) is 10.0 Å². The molecule has 0 bridgehead atoms. The lowest BCUT2D eigenvalue weighted by molar-refractivity contribution is 0.359. The van der Waals surface area contributed by atoms with Gasteiger partial charge in [-0.25, -0.2) is 13.6 Å². The molecule has 1 aromatic rings. The quantitative estimate of drug-likeness (QED) is 0.862. The van der Waals surface area contributed by atoms with E-state index in [4.69, 9.17) is 9.88 Å². The first kappa shape index (κ1) is 15.5. The van der Waals surface area contributed by atoms with E-state index in [1.807, 2.05) is 20.8 Å². The molecular formula is C14H19NO3S. The van der Waals surface area contributed by atoms with Gasteiger partial charge in [-0.05, 0) is 45.4 Å². The zero-order chi connectivity index (χ0) is 14.7. The molecule has 0 heterocycles. The second kappa shape index (κ2) is 5.64. The lowest BCUT2D eigenvalue weighted by Crippen LogP contribution is -2.14. The zero-order valence-electron chi connectivity index (χ0n) is 11.6. The zero-order valence-corrected chi connectivity index (χ0v) is 12.5. The van der Waals surface area contributed by atoms with Crippen molar-refractivity contribution >= 4 is 10.0 Å². The summed E-state index contributed by atoms with van der Waals surface area (Å²) in [5.41, 5.74) is 0.691. The maximum absolute atomic E-state index is 11.5. The number of sulfonamides is 1. The third kappa shape index (κ3) is 5.33. The van der Waals surface area contributed by atoms with Crippen LogP contribution in [0, 0.1) is 24.2 Å². The molecule has 0 amide bonds. The van der Waals surface area contributed by atoms with E-state index in [0.29, 0.717) is 0 Å². The molecular weight excluding hydrogens is 262 g/mol. The van der Waals surface area contributed by atoms with Crippen LogP contribution in [-0.4, -0.2) is 15.0 Å². The standard InChI is InChI=1S/C14H19NO3S/c1-11-6-7-12(13(10-11)19(15,16)17)18-9-5-8-14(2,3)4/h6-7,10H,9H2,1-4H3,(H2,15,16,17). The number of benzene rings is 1. The molecule has 0 spiro atoms. The van der Waals surface area contributed by atoms with Crippen molar-refractivity contribution in [2.24, 2.45) is 10.6 Å². The van der Waals surface area contributed by atoms with E-state index in [1.54, 1.807) is 19.1 Å². The summed E-state index contributed by atoms with van der Waals surface area (Å²) >= 11 is 0. The van der Waals surface area contributed by atoms with Crippen LogP contribution in [-0.2, 0) is 10.0 Å². The van der Waals surface area contributed by atoms with Crippen LogP contribution in [0.4, 0.5) is 0 Å². The van der Waals surface area contributed by atoms with Gasteiger partial charge in [-0.2, -0.15) is 0 Å². The predicted molar refractivity (Wildman–Crippen MR) is 75.3 cm³/mol. The summed E-state index contributed by atoms with van der Waals surface area (Å²) in [6.45, 7) is 7.88. The molecule has 1 rings (SSSR count). The second-order valence-electron chi connectivity index (χ2n) is 5.34. The molecule has 0 radical (unpaired) electrons. The van der Waals surface area contributed by atoms with Gasteiger partial charge in [0, 0.05) is 5.41 Å². The van der Waals surface area contributed by atoms with Gasteiger partial charge in [-0.15, -0.1) is 0 Å². The molecule has 0 aliphatic rings. The van der Waals surface area contributed by atoms with Gasteiger partial charge < -0.3 is 4.74 Å². The minimum atomic E-state index is -3.79. The molecule has 0 aliphatic carbocycles. The number of hydrogen-bond acceptors (Lipinski definition) is 3. The molecule has 0 saturated heterocycles. The minimum absolute atomic E-state index is 0.00920. The highest BCUT2D eigenvalue weighted by molar-refractivity contribution is 7.89. The van der Waals surface area contributed by atoms with Gasteiger partial charge in [-0.1, -0.05) is 17.9 Å². The van der Waals surface area contributed by atoms with Crippen molar-refractivity contribution in [1.29, 1.82) is 0 Å². The van der Waals surface area contributed by atoms with Crippen molar-refractivity contribution in [3.05, 3.63) is 23.8 Å². The van der Waals surface area contributed by atoms with Gasteiger partial charge in [-0.3, -0.25) is 0 Å². The lowest BCUT2D eigenvalue weighted by Gasteiger charge is -2.10. The van der Waals surface area contributed by atoms with E-state index in [2.05, 4.69) is 11.8 Å². The van der Waals surface area contributed by atoms with Crippen molar-refractivity contribution in [1.82, 2.24) is 0 Å². The third-order valence-electron chi connectivity index (χ3n) is 2.17. The van der Waals surface area contributed by atoms with Crippen LogP contribution in [0.1, 0.15) is 26.3 Å². The van der Waals surface area contributed by atoms with Crippen LogP contribution in [0.5, 0.6) is 5.75 Å². The number of rotatable bonds is 3. The normalized spacial score (nSPS) is 11.6. The molecule has 0 saturated carbocycles. The van der Waals surface area contributed by atoms with Gasteiger partial charge in [0.25, 0.3) is 0 Å². The SMILES string of the molecule is Cc1ccc(OCC#CC(C)(C)C)c(S(N)(=O)=O)c1. The smallest absolute Gasteiger partial charge is 0.241 e. The van der Waals surface area contributed by atoms with Crippen molar-refractivity contribution in [3.8, 4) is 17.6 Å². The summed E-state index contributed by atoms with van der Waals surface area (Å²) in [4.78, 5) is -0.00920. The number of hydrogen-bond donors (Lipinski definition) is 1. The Morgan fingerprint density at radius 3 is 2.47 bits per heavy atom. The Morgan fingerprint density at radius 1 is 1.32 bits per heavy atom. The highest BCUT2D eigenvalue weighted by atomic mass is 32.2. The maximum atomic E-state index is 11.5. The molecule has 1 aromatic carbocycles. The fraction of sp³-hybridized carbons (Fsp3) is 0.429.